The van der Waals surface area contributed by atoms with Crippen LogP contribution in [0.2, 0.25) is 0 Å². The smallest absolute Gasteiger partial charge is 0.0596 e. The molecule has 4 fully saturated rings. The van der Waals surface area contributed by atoms with Gasteiger partial charge in [0.25, 0.3) is 0 Å². The van der Waals surface area contributed by atoms with E-state index < -0.39 is 0 Å². The third-order valence-corrected chi connectivity index (χ3v) is 8.59. The number of hydrogen-bond donors (Lipinski definition) is 2. The van der Waals surface area contributed by atoms with E-state index in [0.29, 0.717) is 5.41 Å². The van der Waals surface area contributed by atoms with Gasteiger partial charge in [0, 0.05) is 0 Å². The minimum atomic E-state index is -0.0536. The summed E-state index contributed by atoms with van der Waals surface area (Å²) in [6.07, 6.45) is 10.7. The Balaban J connectivity index is 1.62. The van der Waals surface area contributed by atoms with Crippen molar-refractivity contribution >= 4 is 0 Å². The summed E-state index contributed by atoms with van der Waals surface area (Å²) in [5.41, 5.74) is 0.676. The second-order valence-corrected chi connectivity index (χ2v) is 9.22. The lowest BCUT2D eigenvalue weighted by Crippen LogP contribution is -2.54. The normalized spacial score (nSPS) is 60.0. The molecule has 0 bridgehead atoms. The number of fused-ring (bicyclic) bond motifs is 5. The van der Waals surface area contributed by atoms with Crippen LogP contribution in [0.1, 0.15) is 71.6 Å². The molecule has 120 valence electrons. The molecule has 21 heavy (non-hydrogen) atoms. The van der Waals surface area contributed by atoms with Gasteiger partial charge < -0.3 is 10.2 Å². The van der Waals surface area contributed by atoms with Crippen molar-refractivity contribution in [2.24, 2.45) is 34.5 Å². The van der Waals surface area contributed by atoms with E-state index in [1.54, 1.807) is 0 Å². The van der Waals surface area contributed by atoms with E-state index in [9.17, 15) is 10.2 Å². The van der Waals surface area contributed by atoms with Crippen molar-refractivity contribution in [3.05, 3.63) is 0 Å². The number of hydrogen-bond acceptors (Lipinski definition) is 2. The molecule has 2 nitrogen and oxygen atoms in total. The lowest BCUT2D eigenvalue weighted by Gasteiger charge is -2.60. The van der Waals surface area contributed by atoms with Crippen LogP contribution >= 0.6 is 0 Å². The number of rotatable bonds is 0. The maximum Gasteiger partial charge on any atom is 0.0596 e. The summed E-state index contributed by atoms with van der Waals surface area (Å²) in [4.78, 5) is 0. The maximum atomic E-state index is 10.5. The van der Waals surface area contributed by atoms with E-state index in [2.05, 4.69) is 13.8 Å². The Bertz CT molecular complexity index is 422. The Kier molecular flexibility index (Phi) is 3.25. The lowest BCUT2D eigenvalue weighted by atomic mass is 9.45. The van der Waals surface area contributed by atoms with Gasteiger partial charge in [-0.05, 0) is 92.3 Å². The van der Waals surface area contributed by atoms with Crippen LogP contribution in [-0.4, -0.2) is 22.4 Å². The molecule has 0 aliphatic heterocycles. The predicted octanol–water partition coefficient (Wildman–Crippen LogP) is 3.75. The molecule has 4 saturated carbocycles. The average molecular weight is 292 g/mol. The SMILES string of the molecule is C[C@]12CC[C@H](O)C[C@@H]1CC[C@H]1[C@H]2CC[C@]2(C)[C@H](O)CC[C@@H]12. The molecule has 0 spiro atoms. The topological polar surface area (TPSA) is 40.5 Å². The highest BCUT2D eigenvalue weighted by Crippen LogP contribution is 2.66. The van der Waals surface area contributed by atoms with E-state index in [4.69, 9.17) is 0 Å². The summed E-state index contributed by atoms with van der Waals surface area (Å²) < 4.78 is 0. The van der Waals surface area contributed by atoms with Gasteiger partial charge in [-0.25, -0.2) is 0 Å². The molecule has 0 aromatic rings. The van der Waals surface area contributed by atoms with Gasteiger partial charge in [0.1, 0.15) is 0 Å². The van der Waals surface area contributed by atoms with Gasteiger partial charge in [-0.2, -0.15) is 0 Å². The summed E-state index contributed by atoms with van der Waals surface area (Å²) in [5, 5.41) is 20.5. The molecule has 0 amide bonds. The van der Waals surface area contributed by atoms with Gasteiger partial charge in [-0.3, -0.25) is 0 Å². The zero-order valence-corrected chi connectivity index (χ0v) is 13.7. The molecule has 0 aromatic heterocycles. The quantitative estimate of drug-likeness (QED) is 0.714. The van der Waals surface area contributed by atoms with Crippen LogP contribution in [0.15, 0.2) is 0 Å². The summed E-state index contributed by atoms with van der Waals surface area (Å²) >= 11 is 0. The minimum absolute atomic E-state index is 0.0400. The molecule has 2 heteroatoms. The highest BCUT2D eigenvalue weighted by atomic mass is 16.3. The molecule has 0 heterocycles. The molecule has 0 unspecified atom stereocenters. The second kappa shape index (κ2) is 4.71. The first kappa shape index (κ1) is 14.5. The van der Waals surface area contributed by atoms with E-state index in [-0.39, 0.29) is 17.6 Å². The first-order chi connectivity index (χ1) is 9.95. The zero-order valence-electron chi connectivity index (χ0n) is 13.7. The van der Waals surface area contributed by atoms with Crippen LogP contribution in [0.4, 0.5) is 0 Å². The fourth-order valence-electron chi connectivity index (χ4n) is 7.21. The summed E-state index contributed by atoms with van der Waals surface area (Å²) in [6, 6.07) is 0. The Labute approximate surface area is 129 Å². The summed E-state index contributed by atoms with van der Waals surface area (Å²) in [7, 11) is 0. The van der Waals surface area contributed by atoms with Gasteiger partial charge in [0.15, 0.2) is 0 Å². The molecule has 0 saturated heterocycles. The fourth-order valence-corrected chi connectivity index (χ4v) is 7.21. The second-order valence-electron chi connectivity index (χ2n) is 9.22. The number of aliphatic hydroxyl groups excluding tert-OH is 2. The Morgan fingerprint density at radius 3 is 2.29 bits per heavy atom. The van der Waals surface area contributed by atoms with Crippen molar-refractivity contribution in [3.8, 4) is 0 Å². The van der Waals surface area contributed by atoms with Crippen LogP contribution < -0.4 is 0 Å². The molecule has 0 aromatic carbocycles. The maximum absolute atomic E-state index is 10.5. The van der Waals surface area contributed by atoms with Crippen molar-refractivity contribution in [3.63, 3.8) is 0 Å². The van der Waals surface area contributed by atoms with Crippen LogP contribution in [0.5, 0.6) is 0 Å². The summed E-state index contributed by atoms with van der Waals surface area (Å²) in [6.45, 7) is 4.90. The van der Waals surface area contributed by atoms with E-state index in [1.807, 2.05) is 0 Å². The van der Waals surface area contributed by atoms with E-state index in [0.717, 1.165) is 42.9 Å². The van der Waals surface area contributed by atoms with Crippen molar-refractivity contribution < 1.29 is 10.2 Å². The van der Waals surface area contributed by atoms with Crippen LogP contribution in [0, 0.1) is 34.5 Å². The molecular weight excluding hydrogens is 260 g/mol. The molecule has 4 rings (SSSR count). The van der Waals surface area contributed by atoms with Gasteiger partial charge in [-0.1, -0.05) is 13.8 Å². The van der Waals surface area contributed by atoms with Gasteiger partial charge >= 0.3 is 0 Å². The fraction of sp³-hybridized carbons (Fsp3) is 1.00. The zero-order chi connectivity index (χ0) is 14.8. The highest BCUT2D eigenvalue weighted by molar-refractivity contribution is 5.09. The van der Waals surface area contributed by atoms with Crippen molar-refractivity contribution in [1.82, 2.24) is 0 Å². The first-order valence-electron chi connectivity index (χ1n) is 9.31. The largest absolute Gasteiger partial charge is 0.393 e. The van der Waals surface area contributed by atoms with Crippen LogP contribution in [-0.2, 0) is 0 Å². The molecule has 2 N–H and O–H groups in total. The van der Waals surface area contributed by atoms with Gasteiger partial charge in [0.2, 0.25) is 0 Å². The third kappa shape index (κ3) is 1.91. The number of aliphatic hydroxyl groups is 2. The van der Waals surface area contributed by atoms with Gasteiger partial charge in [0.05, 0.1) is 12.2 Å². The standard InChI is InChI=1S/C19H32O2/c1-18-9-7-13(20)11-12(18)3-4-14-15-5-6-17(21)19(15,2)10-8-16(14)18/h12-17,20-21H,3-11H2,1-2H3/t12-,13-,14+,15-,16+,17+,18-,19-/m0/s1. The third-order valence-electron chi connectivity index (χ3n) is 8.59. The Morgan fingerprint density at radius 2 is 1.48 bits per heavy atom. The molecular formula is C19H32O2. The van der Waals surface area contributed by atoms with E-state index >= 15 is 0 Å². The van der Waals surface area contributed by atoms with E-state index in [1.165, 1.54) is 38.5 Å². The van der Waals surface area contributed by atoms with Crippen LogP contribution in [0.25, 0.3) is 0 Å². The van der Waals surface area contributed by atoms with Gasteiger partial charge in [-0.15, -0.1) is 0 Å². The molecule has 0 radical (unpaired) electrons. The van der Waals surface area contributed by atoms with Crippen molar-refractivity contribution in [1.29, 1.82) is 0 Å². The molecule has 4 aliphatic rings. The first-order valence-corrected chi connectivity index (χ1v) is 9.31. The molecule has 8 atom stereocenters. The lowest BCUT2D eigenvalue weighted by molar-refractivity contribution is -0.133. The monoisotopic (exact) mass is 292 g/mol. The Morgan fingerprint density at radius 1 is 0.762 bits per heavy atom. The predicted molar refractivity (Wildman–Crippen MR) is 83.7 cm³/mol. The molecule has 4 aliphatic carbocycles. The average Bonchev–Trinajstić information content (AvgIpc) is 2.76. The van der Waals surface area contributed by atoms with Crippen LogP contribution in [0.3, 0.4) is 0 Å². The summed E-state index contributed by atoms with van der Waals surface area (Å²) in [5.74, 6) is 3.21. The van der Waals surface area contributed by atoms with Crippen molar-refractivity contribution in [2.75, 3.05) is 0 Å². The minimum Gasteiger partial charge on any atom is -0.393 e. The highest BCUT2D eigenvalue weighted by Gasteiger charge is 2.59. The Hall–Kier alpha value is -0.0800. The van der Waals surface area contributed by atoms with Crippen molar-refractivity contribution in [2.45, 2.75) is 83.8 Å².